The van der Waals surface area contributed by atoms with Crippen LogP contribution in [0.2, 0.25) is 0 Å². The highest BCUT2D eigenvalue weighted by Crippen LogP contribution is 2.23. The number of aromatic amines is 1. The van der Waals surface area contributed by atoms with Gasteiger partial charge in [0.1, 0.15) is 0 Å². The first-order chi connectivity index (χ1) is 9.65. The molecule has 0 spiro atoms. The average molecular weight is 266 g/mol. The van der Waals surface area contributed by atoms with Gasteiger partial charge in [-0.1, -0.05) is 36.4 Å². The van der Waals surface area contributed by atoms with Crippen LogP contribution in [0.1, 0.15) is 27.3 Å². The van der Waals surface area contributed by atoms with Crippen LogP contribution in [0.5, 0.6) is 0 Å². The number of H-pyrrole nitrogens is 1. The molecule has 1 aromatic carbocycles. The first-order valence-electron chi connectivity index (χ1n) is 6.85. The minimum atomic E-state index is 0.106. The molecule has 1 N–H and O–H groups in total. The summed E-state index contributed by atoms with van der Waals surface area (Å²) in [6, 6.07) is 12.2. The predicted molar refractivity (Wildman–Crippen MR) is 80.6 cm³/mol. The fourth-order valence-electron chi connectivity index (χ4n) is 2.69. The summed E-state index contributed by atoms with van der Waals surface area (Å²) in [5.41, 5.74) is 5.18. The van der Waals surface area contributed by atoms with Crippen LogP contribution < -0.4 is 0 Å². The number of hydrogen-bond donors (Lipinski definition) is 1. The maximum absolute atomic E-state index is 12.5. The predicted octanol–water partition coefficient (Wildman–Crippen LogP) is 3.17. The Hall–Kier alpha value is -2.29. The van der Waals surface area contributed by atoms with Crippen molar-refractivity contribution in [2.24, 2.45) is 0 Å². The molecule has 0 aliphatic carbocycles. The minimum absolute atomic E-state index is 0.106. The van der Waals surface area contributed by atoms with Gasteiger partial charge in [-0.15, -0.1) is 0 Å². The highest BCUT2D eigenvalue weighted by molar-refractivity contribution is 5.97. The van der Waals surface area contributed by atoms with Crippen molar-refractivity contribution in [3.63, 3.8) is 0 Å². The van der Waals surface area contributed by atoms with Crippen molar-refractivity contribution in [3.8, 4) is 0 Å². The van der Waals surface area contributed by atoms with E-state index in [0.717, 1.165) is 17.0 Å². The van der Waals surface area contributed by atoms with Crippen LogP contribution >= 0.6 is 0 Å². The van der Waals surface area contributed by atoms with Gasteiger partial charge in [-0.3, -0.25) is 4.79 Å². The summed E-state index contributed by atoms with van der Waals surface area (Å²) in [4.78, 5) is 17.6. The number of rotatable bonds is 2. The van der Waals surface area contributed by atoms with Crippen LogP contribution in [-0.2, 0) is 0 Å². The lowest BCUT2D eigenvalue weighted by Crippen LogP contribution is -2.29. The molecule has 1 amide bonds. The molecule has 1 aliphatic heterocycles. The Kier molecular flexibility index (Phi) is 3.18. The summed E-state index contributed by atoms with van der Waals surface area (Å²) >= 11 is 0. The van der Waals surface area contributed by atoms with Crippen molar-refractivity contribution in [2.75, 3.05) is 13.1 Å². The number of amides is 1. The van der Waals surface area contributed by atoms with Crippen molar-refractivity contribution in [3.05, 3.63) is 65.0 Å². The van der Waals surface area contributed by atoms with Crippen molar-refractivity contribution in [1.29, 1.82) is 0 Å². The molecule has 3 heteroatoms. The maximum atomic E-state index is 12.5. The number of aryl methyl sites for hydroxylation is 2. The van der Waals surface area contributed by atoms with Crippen molar-refractivity contribution >= 4 is 11.5 Å². The molecular formula is C17H18N2O. The fraction of sp³-hybridized carbons (Fsp3) is 0.235. The quantitative estimate of drug-likeness (QED) is 0.890. The van der Waals surface area contributed by atoms with E-state index in [0.29, 0.717) is 13.1 Å². The average Bonchev–Trinajstić information content (AvgIpc) is 3.06. The fourth-order valence-corrected chi connectivity index (χ4v) is 2.69. The van der Waals surface area contributed by atoms with Crippen LogP contribution in [-0.4, -0.2) is 28.9 Å². The Balaban J connectivity index is 1.76. The summed E-state index contributed by atoms with van der Waals surface area (Å²) in [5.74, 6) is 0.106. The third-order valence-electron chi connectivity index (χ3n) is 3.73. The highest BCUT2D eigenvalue weighted by atomic mass is 16.2. The third kappa shape index (κ3) is 2.27. The lowest BCUT2D eigenvalue weighted by molar-refractivity contribution is 0.0801. The van der Waals surface area contributed by atoms with Crippen molar-refractivity contribution in [2.45, 2.75) is 13.8 Å². The number of carbonyl (C=O) groups is 1. The summed E-state index contributed by atoms with van der Waals surface area (Å²) in [6.45, 7) is 5.29. The van der Waals surface area contributed by atoms with Gasteiger partial charge in [0.05, 0.1) is 5.56 Å². The second-order valence-electron chi connectivity index (χ2n) is 5.27. The number of benzene rings is 1. The number of aromatic nitrogens is 1. The second-order valence-corrected chi connectivity index (χ2v) is 5.27. The number of nitrogens with zero attached hydrogens (tertiary/aromatic N) is 1. The molecule has 102 valence electrons. The topological polar surface area (TPSA) is 36.1 Å². The van der Waals surface area contributed by atoms with Crippen LogP contribution in [0.25, 0.3) is 5.57 Å². The minimum Gasteiger partial charge on any atom is -0.362 e. The number of carbonyl (C=O) groups excluding carboxylic acids is 1. The largest absolute Gasteiger partial charge is 0.362 e. The van der Waals surface area contributed by atoms with E-state index >= 15 is 0 Å². The van der Waals surface area contributed by atoms with E-state index in [2.05, 4.69) is 23.2 Å². The van der Waals surface area contributed by atoms with E-state index in [1.807, 2.05) is 43.0 Å². The van der Waals surface area contributed by atoms with Crippen LogP contribution in [0.3, 0.4) is 0 Å². The number of hydrogen-bond acceptors (Lipinski definition) is 1. The Morgan fingerprint density at radius 1 is 1.20 bits per heavy atom. The molecule has 0 bridgehead atoms. The lowest BCUT2D eigenvalue weighted by Gasteiger charge is -2.16. The molecule has 1 aliphatic rings. The molecule has 0 atom stereocenters. The van der Waals surface area contributed by atoms with E-state index in [1.54, 1.807) is 0 Å². The first-order valence-corrected chi connectivity index (χ1v) is 6.85. The Labute approximate surface area is 118 Å². The van der Waals surface area contributed by atoms with Gasteiger partial charge in [0, 0.05) is 24.5 Å². The first kappa shape index (κ1) is 12.7. The number of nitrogens with one attached hydrogen (secondary N) is 1. The second kappa shape index (κ2) is 5.00. The van der Waals surface area contributed by atoms with Gasteiger partial charge in [0.2, 0.25) is 0 Å². The third-order valence-corrected chi connectivity index (χ3v) is 3.73. The van der Waals surface area contributed by atoms with E-state index in [1.165, 1.54) is 11.1 Å². The molecule has 0 saturated carbocycles. The SMILES string of the molecule is Cc1cc(C(=O)N2CC=C(c3ccccc3)C2)c(C)[nH]1. The van der Waals surface area contributed by atoms with Gasteiger partial charge in [-0.05, 0) is 31.1 Å². The van der Waals surface area contributed by atoms with E-state index < -0.39 is 0 Å². The van der Waals surface area contributed by atoms with Crippen LogP contribution in [0, 0.1) is 13.8 Å². The normalized spacial score (nSPS) is 14.5. The van der Waals surface area contributed by atoms with E-state index in [4.69, 9.17) is 0 Å². The monoisotopic (exact) mass is 266 g/mol. The maximum Gasteiger partial charge on any atom is 0.256 e. The van der Waals surface area contributed by atoms with Gasteiger partial charge in [-0.25, -0.2) is 0 Å². The smallest absolute Gasteiger partial charge is 0.256 e. The Morgan fingerprint density at radius 2 is 1.95 bits per heavy atom. The van der Waals surface area contributed by atoms with Gasteiger partial charge in [0.15, 0.2) is 0 Å². The molecule has 0 unspecified atom stereocenters. The molecule has 20 heavy (non-hydrogen) atoms. The van der Waals surface area contributed by atoms with E-state index in [9.17, 15) is 4.79 Å². The summed E-state index contributed by atoms with van der Waals surface area (Å²) in [7, 11) is 0. The molecule has 3 nitrogen and oxygen atoms in total. The summed E-state index contributed by atoms with van der Waals surface area (Å²) < 4.78 is 0. The molecule has 0 saturated heterocycles. The summed E-state index contributed by atoms with van der Waals surface area (Å²) in [5, 5.41) is 0. The highest BCUT2D eigenvalue weighted by Gasteiger charge is 2.23. The molecule has 3 rings (SSSR count). The zero-order valence-corrected chi connectivity index (χ0v) is 11.8. The summed E-state index contributed by atoms with van der Waals surface area (Å²) in [6.07, 6.45) is 2.14. The van der Waals surface area contributed by atoms with Crippen LogP contribution in [0.4, 0.5) is 0 Å². The zero-order valence-electron chi connectivity index (χ0n) is 11.8. The zero-order chi connectivity index (χ0) is 14.1. The molecule has 1 aromatic heterocycles. The Bertz CT molecular complexity index is 668. The Morgan fingerprint density at radius 3 is 2.60 bits per heavy atom. The molecule has 0 fully saturated rings. The molecule has 2 heterocycles. The van der Waals surface area contributed by atoms with Crippen LogP contribution in [0.15, 0.2) is 42.5 Å². The van der Waals surface area contributed by atoms with Crippen molar-refractivity contribution in [1.82, 2.24) is 9.88 Å². The molecular weight excluding hydrogens is 248 g/mol. The standard InChI is InChI=1S/C17H18N2O/c1-12-10-16(13(2)18-12)17(20)19-9-8-15(11-19)14-6-4-3-5-7-14/h3-8,10,18H,9,11H2,1-2H3. The van der Waals surface area contributed by atoms with Gasteiger partial charge < -0.3 is 9.88 Å². The van der Waals surface area contributed by atoms with E-state index in [-0.39, 0.29) is 5.91 Å². The molecule has 0 radical (unpaired) electrons. The van der Waals surface area contributed by atoms with Crippen molar-refractivity contribution < 1.29 is 4.79 Å². The molecule has 2 aromatic rings. The lowest BCUT2D eigenvalue weighted by atomic mass is 10.1. The van der Waals surface area contributed by atoms with Gasteiger partial charge in [0.25, 0.3) is 5.91 Å². The van der Waals surface area contributed by atoms with Gasteiger partial charge in [-0.2, -0.15) is 0 Å². The van der Waals surface area contributed by atoms with Gasteiger partial charge >= 0.3 is 0 Å².